The van der Waals surface area contributed by atoms with Crippen LogP contribution in [-0.4, -0.2) is 35.6 Å². The zero-order chi connectivity index (χ0) is 15.7. The van der Waals surface area contributed by atoms with Crippen LogP contribution in [-0.2, 0) is 4.79 Å². The number of carbonyl (C=O) groups is 1. The molecule has 21 heavy (non-hydrogen) atoms. The average Bonchev–Trinajstić information content (AvgIpc) is 2.38. The molecule has 1 aliphatic heterocycles. The summed E-state index contributed by atoms with van der Waals surface area (Å²) in [6, 6.07) is 0. The molecule has 2 aliphatic rings. The molecule has 1 saturated heterocycles. The number of nitrogens with zero attached hydrogens (tertiary/aromatic N) is 1. The molecule has 2 fully saturated rings. The van der Waals surface area contributed by atoms with Crippen LogP contribution in [0.3, 0.4) is 0 Å². The fourth-order valence-corrected chi connectivity index (χ4v) is 4.45. The van der Waals surface area contributed by atoms with Crippen molar-refractivity contribution in [1.29, 1.82) is 0 Å². The molecule has 0 aromatic carbocycles. The Hall–Kier alpha value is -0.570. The molecule has 0 aromatic heterocycles. The molecule has 3 heteroatoms. The van der Waals surface area contributed by atoms with Gasteiger partial charge in [-0.25, -0.2) is 0 Å². The zero-order valence-corrected chi connectivity index (χ0v) is 14.3. The predicted octanol–water partition coefficient (Wildman–Crippen LogP) is 4.03. The van der Waals surface area contributed by atoms with Gasteiger partial charge in [0.15, 0.2) is 0 Å². The van der Waals surface area contributed by atoms with E-state index >= 15 is 0 Å². The minimum Gasteiger partial charge on any atom is -0.481 e. The summed E-state index contributed by atoms with van der Waals surface area (Å²) < 4.78 is 0. The minimum absolute atomic E-state index is 0.385. The van der Waals surface area contributed by atoms with E-state index < -0.39 is 11.4 Å². The lowest BCUT2D eigenvalue weighted by atomic mass is 9.69. The van der Waals surface area contributed by atoms with Crippen LogP contribution in [0.25, 0.3) is 0 Å². The molecule has 0 spiro atoms. The van der Waals surface area contributed by atoms with Gasteiger partial charge in [-0.3, -0.25) is 4.79 Å². The van der Waals surface area contributed by atoms with E-state index in [9.17, 15) is 9.90 Å². The molecule has 2 unspecified atom stereocenters. The molecular formula is C18H33NO2. The van der Waals surface area contributed by atoms with E-state index in [2.05, 4.69) is 32.6 Å². The monoisotopic (exact) mass is 295 g/mol. The van der Waals surface area contributed by atoms with Crippen molar-refractivity contribution in [3.8, 4) is 0 Å². The maximum absolute atomic E-state index is 11.9. The second-order valence-corrected chi connectivity index (χ2v) is 8.70. The van der Waals surface area contributed by atoms with Crippen molar-refractivity contribution < 1.29 is 9.90 Å². The van der Waals surface area contributed by atoms with Crippen LogP contribution in [0.5, 0.6) is 0 Å². The Morgan fingerprint density at radius 2 is 1.86 bits per heavy atom. The number of rotatable bonds is 3. The van der Waals surface area contributed by atoms with Crippen LogP contribution < -0.4 is 0 Å². The van der Waals surface area contributed by atoms with Crippen molar-refractivity contribution in [2.75, 3.05) is 19.6 Å². The van der Waals surface area contributed by atoms with E-state index in [-0.39, 0.29) is 0 Å². The maximum atomic E-state index is 11.9. The first-order valence-electron chi connectivity index (χ1n) is 8.69. The Balaban J connectivity index is 1.95. The highest BCUT2D eigenvalue weighted by atomic mass is 16.4. The molecule has 1 aliphatic carbocycles. The van der Waals surface area contributed by atoms with E-state index in [0.717, 1.165) is 44.8 Å². The van der Waals surface area contributed by atoms with Crippen molar-refractivity contribution in [3.05, 3.63) is 0 Å². The van der Waals surface area contributed by atoms with Gasteiger partial charge in [-0.15, -0.1) is 0 Å². The molecule has 122 valence electrons. The van der Waals surface area contributed by atoms with Gasteiger partial charge < -0.3 is 10.0 Å². The molecule has 1 N–H and O–H groups in total. The summed E-state index contributed by atoms with van der Waals surface area (Å²) >= 11 is 0. The van der Waals surface area contributed by atoms with Gasteiger partial charge in [0.25, 0.3) is 0 Å². The zero-order valence-electron chi connectivity index (χ0n) is 14.3. The van der Waals surface area contributed by atoms with Crippen molar-refractivity contribution in [2.45, 2.75) is 66.2 Å². The fourth-order valence-electron chi connectivity index (χ4n) is 4.45. The van der Waals surface area contributed by atoms with Crippen LogP contribution in [0.2, 0.25) is 0 Å². The number of hydrogen-bond acceptors (Lipinski definition) is 2. The van der Waals surface area contributed by atoms with E-state index in [0.29, 0.717) is 11.3 Å². The van der Waals surface area contributed by atoms with Gasteiger partial charge in [0.2, 0.25) is 0 Å². The lowest BCUT2D eigenvalue weighted by Crippen LogP contribution is -2.48. The van der Waals surface area contributed by atoms with Gasteiger partial charge >= 0.3 is 5.97 Å². The molecule has 2 atom stereocenters. The maximum Gasteiger partial charge on any atom is 0.310 e. The Bertz CT molecular complexity index is 366. The number of carboxylic acid groups (broad SMARTS) is 1. The standard InChI is InChI=1S/C18H33NO2/c1-14-6-5-9-18(12-14,16(20)21)13-19-10-7-15(8-11-19)17(2,3)4/h14-15H,5-13H2,1-4H3,(H,20,21). The molecule has 1 saturated carbocycles. The van der Waals surface area contributed by atoms with Crippen LogP contribution in [0.15, 0.2) is 0 Å². The van der Waals surface area contributed by atoms with Gasteiger partial charge in [0.05, 0.1) is 5.41 Å². The Kier molecular flexibility index (Phi) is 5.02. The molecule has 1 heterocycles. The summed E-state index contributed by atoms with van der Waals surface area (Å²) in [5, 5.41) is 9.79. The summed E-state index contributed by atoms with van der Waals surface area (Å²) in [6.45, 7) is 12.1. The van der Waals surface area contributed by atoms with Gasteiger partial charge in [-0.1, -0.05) is 40.5 Å². The lowest BCUT2D eigenvalue weighted by Gasteiger charge is -2.44. The Morgan fingerprint density at radius 3 is 2.33 bits per heavy atom. The molecule has 0 amide bonds. The molecular weight excluding hydrogens is 262 g/mol. The van der Waals surface area contributed by atoms with Crippen molar-refractivity contribution >= 4 is 5.97 Å². The molecule has 3 nitrogen and oxygen atoms in total. The van der Waals surface area contributed by atoms with Crippen molar-refractivity contribution in [3.63, 3.8) is 0 Å². The third-order valence-electron chi connectivity index (χ3n) is 5.88. The summed E-state index contributed by atoms with van der Waals surface area (Å²) in [5.74, 6) is 0.772. The Labute approximate surface area is 130 Å². The van der Waals surface area contributed by atoms with Crippen LogP contribution >= 0.6 is 0 Å². The lowest BCUT2D eigenvalue weighted by molar-refractivity contribution is -0.154. The summed E-state index contributed by atoms with van der Waals surface area (Å²) in [4.78, 5) is 14.3. The minimum atomic E-state index is -0.563. The van der Waals surface area contributed by atoms with Crippen molar-refractivity contribution in [1.82, 2.24) is 4.90 Å². The largest absolute Gasteiger partial charge is 0.481 e. The predicted molar refractivity (Wildman–Crippen MR) is 86.3 cm³/mol. The second-order valence-electron chi connectivity index (χ2n) is 8.70. The summed E-state index contributed by atoms with van der Waals surface area (Å²) in [6.07, 6.45) is 6.43. The average molecular weight is 295 g/mol. The highest BCUT2D eigenvalue weighted by molar-refractivity contribution is 5.75. The van der Waals surface area contributed by atoms with Crippen molar-refractivity contribution in [2.24, 2.45) is 22.7 Å². The fraction of sp³-hybridized carbons (Fsp3) is 0.944. The van der Waals surface area contributed by atoms with Crippen LogP contribution in [0, 0.1) is 22.7 Å². The van der Waals surface area contributed by atoms with E-state index in [1.165, 1.54) is 19.3 Å². The Morgan fingerprint density at radius 1 is 1.24 bits per heavy atom. The molecule has 2 rings (SSSR count). The van der Waals surface area contributed by atoms with Gasteiger partial charge in [-0.05, 0) is 56.0 Å². The topological polar surface area (TPSA) is 40.5 Å². The van der Waals surface area contributed by atoms with E-state index in [4.69, 9.17) is 0 Å². The highest BCUT2D eigenvalue weighted by Gasteiger charge is 2.43. The quantitative estimate of drug-likeness (QED) is 0.854. The molecule has 0 bridgehead atoms. The first-order valence-corrected chi connectivity index (χ1v) is 8.69. The number of carboxylic acids is 1. The SMILES string of the molecule is CC1CCCC(CN2CCC(C(C)(C)C)CC2)(C(=O)O)C1. The van der Waals surface area contributed by atoms with Gasteiger partial charge in [-0.2, -0.15) is 0 Å². The number of piperidine rings is 1. The van der Waals surface area contributed by atoms with Crippen LogP contribution in [0.1, 0.15) is 66.2 Å². The van der Waals surface area contributed by atoms with Gasteiger partial charge in [0, 0.05) is 6.54 Å². The smallest absolute Gasteiger partial charge is 0.310 e. The number of likely N-dealkylation sites (tertiary alicyclic amines) is 1. The third-order valence-corrected chi connectivity index (χ3v) is 5.88. The summed E-state index contributed by atoms with van der Waals surface area (Å²) in [5.41, 5.74) is -0.0951. The normalized spacial score (nSPS) is 33.0. The van der Waals surface area contributed by atoms with Crippen LogP contribution in [0.4, 0.5) is 0 Å². The first kappa shape index (κ1) is 16.8. The van der Waals surface area contributed by atoms with Gasteiger partial charge in [0.1, 0.15) is 0 Å². The molecule has 0 aromatic rings. The highest BCUT2D eigenvalue weighted by Crippen LogP contribution is 2.42. The third kappa shape index (κ3) is 4.00. The summed E-state index contributed by atoms with van der Waals surface area (Å²) in [7, 11) is 0. The number of hydrogen-bond donors (Lipinski definition) is 1. The molecule has 0 radical (unpaired) electrons. The second kappa shape index (κ2) is 6.28. The van der Waals surface area contributed by atoms with E-state index in [1.54, 1.807) is 0 Å². The van der Waals surface area contributed by atoms with E-state index in [1.807, 2.05) is 0 Å². The number of aliphatic carboxylic acids is 1. The first-order chi connectivity index (χ1) is 9.73.